The quantitative estimate of drug-likeness (QED) is 0.903. The molecule has 0 saturated carbocycles. The van der Waals surface area contributed by atoms with Crippen molar-refractivity contribution >= 4 is 21.9 Å². The zero-order valence-electron chi connectivity index (χ0n) is 10.8. The molecule has 0 aliphatic rings. The Hall–Kier alpha value is -2.01. The maximum Gasteiger partial charge on any atom is 0.335 e. The third kappa shape index (κ3) is 3.30. The zero-order valence-corrected chi connectivity index (χ0v) is 12.4. The standard InChI is InChI=1S/C15H13BrO4/c1-19-13-4-2-3-5-14(13)20-9-11-7-6-10(15(17)18)8-12(11)16/h2-8H,9H2,1H3,(H,17,18). The van der Waals surface area contributed by atoms with Gasteiger partial charge in [-0.25, -0.2) is 4.79 Å². The first-order valence-electron chi connectivity index (χ1n) is 5.89. The Balaban J connectivity index is 2.13. The second-order valence-electron chi connectivity index (χ2n) is 4.05. The molecule has 0 unspecified atom stereocenters. The first-order valence-corrected chi connectivity index (χ1v) is 6.68. The number of aromatic carboxylic acids is 1. The first-order chi connectivity index (χ1) is 9.61. The lowest BCUT2D eigenvalue weighted by molar-refractivity contribution is 0.0696. The Morgan fingerprint density at radius 3 is 2.50 bits per heavy atom. The van der Waals surface area contributed by atoms with Gasteiger partial charge >= 0.3 is 5.97 Å². The van der Waals surface area contributed by atoms with Crippen LogP contribution in [0.25, 0.3) is 0 Å². The molecule has 0 fully saturated rings. The molecular formula is C15H13BrO4. The van der Waals surface area contributed by atoms with Crippen molar-refractivity contribution in [2.45, 2.75) is 6.61 Å². The smallest absolute Gasteiger partial charge is 0.335 e. The summed E-state index contributed by atoms with van der Waals surface area (Å²) in [6.07, 6.45) is 0. The Labute approximate surface area is 125 Å². The highest BCUT2D eigenvalue weighted by molar-refractivity contribution is 9.10. The van der Waals surface area contributed by atoms with Crippen molar-refractivity contribution in [2.75, 3.05) is 7.11 Å². The molecule has 104 valence electrons. The van der Waals surface area contributed by atoms with Crippen LogP contribution < -0.4 is 9.47 Å². The predicted octanol–water partition coefficient (Wildman–Crippen LogP) is 3.73. The molecule has 0 aliphatic carbocycles. The van der Waals surface area contributed by atoms with Crippen LogP contribution in [0.3, 0.4) is 0 Å². The summed E-state index contributed by atoms with van der Waals surface area (Å²) in [5.41, 5.74) is 1.10. The molecule has 2 aromatic rings. The van der Waals surface area contributed by atoms with Gasteiger partial charge in [-0.3, -0.25) is 0 Å². The van der Waals surface area contributed by atoms with E-state index < -0.39 is 5.97 Å². The number of ether oxygens (including phenoxy) is 2. The molecule has 0 spiro atoms. The van der Waals surface area contributed by atoms with Crippen molar-refractivity contribution in [1.82, 2.24) is 0 Å². The van der Waals surface area contributed by atoms with Gasteiger partial charge in [0, 0.05) is 10.0 Å². The summed E-state index contributed by atoms with van der Waals surface area (Å²) in [6.45, 7) is 0.320. The molecule has 2 rings (SSSR count). The van der Waals surface area contributed by atoms with E-state index in [4.69, 9.17) is 14.6 Å². The molecule has 5 heteroatoms. The molecule has 0 aliphatic heterocycles. The number of para-hydroxylation sites is 2. The highest BCUT2D eigenvalue weighted by atomic mass is 79.9. The van der Waals surface area contributed by atoms with E-state index in [0.717, 1.165) is 5.56 Å². The van der Waals surface area contributed by atoms with Gasteiger partial charge in [0.2, 0.25) is 0 Å². The fourth-order valence-electron chi connectivity index (χ4n) is 1.69. The molecule has 0 atom stereocenters. The Morgan fingerprint density at radius 2 is 1.90 bits per heavy atom. The van der Waals surface area contributed by atoms with E-state index in [2.05, 4.69) is 15.9 Å². The number of benzene rings is 2. The monoisotopic (exact) mass is 336 g/mol. The van der Waals surface area contributed by atoms with Crippen LogP contribution in [0.5, 0.6) is 11.5 Å². The molecule has 0 saturated heterocycles. The normalized spacial score (nSPS) is 10.1. The van der Waals surface area contributed by atoms with E-state index in [9.17, 15) is 4.79 Å². The molecule has 0 bridgehead atoms. The molecule has 2 aromatic carbocycles. The van der Waals surface area contributed by atoms with Crippen LogP contribution in [0.15, 0.2) is 46.9 Å². The minimum atomic E-state index is -0.956. The van der Waals surface area contributed by atoms with Crippen LogP contribution in [0.4, 0.5) is 0 Å². The van der Waals surface area contributed by atoms with Crippen LogP contribution in [0, 0.1) is 0 Å². The number of carboxylic acid groups (broad SMARTS) is 1. The highest BCUT2D eigenvalue weighted by Gasteiger charge is 2.08. The van der Waals surface area contributed by atoms with E-state index in [0.29, 0.717) is 22.6 Å². The van der Waals surface area contributed by atoms with Crippen LogP contribution in [-0.2, 0) is 6.61 Å². The molecule has 0 radical (unpaired) electrons. The van der Waals surface area contributed by atoms with Gasteiger partial charge in [0.1, 0.15) is 6.61 Å². The number of carboxylic acids is 1. The molecule has 1 N–H and O–H groups in total. The Kier molecular flexibility index (Phi) is 4.63. The lowest BCUT2D eigenvalue weighted by atomic mass is 10.1. The number of hydrogen-bond donors (Lipinski definition) is 1. The third-order valence-corrected chi connectivity index (χ3v) is 3.49. The van der Waals surface area contributed by atoms with Crippen LogP contribution in [0.1, 0.15) is 15.9 Å². The fraction of sp³-hybridized carbons (Fsp3) is 0.133. The molecule has 4 nitrogen and oxygen atoms in total. The van der Waals surface area contributed by atoms with Crippen molar-refractivity contribution < 1.29 is 19.4 Å². The molecule has 0 amide bonds. The topological polar surface area (TPSA) is 55.8 Å². The van der Waals surface area contributed by atoms with Gasteiger partial charge in [0.25, 0.3) is 0 Å². The summed E-state index contributed by atoms with van der Waals surface area (Å²) in [6, 6.07) is 12.2. The van der Waals surface area contributed by atoms with Gasteiger partial charge < -0.3 is 14.6 Å². The van der Waals surface area contributed by atoms with Crippen LogP contribution >= 0.6 is 15.9 Å². The highest BCUT2D eigenvalue weighted by Crippen LogP contribution is 2.28. The summed E-state index contributed by atoms with van der Waals surface area (Å²) in [5, 5.41) is 8.91. The van der Waals surface area contributed by atoms with Crippen molar-refractivity contribution in [3.63, 3.8) is 0 Å². The lowest BCUT2D eigenvalue weighted by Crippen LogP contribution is -2.01. The minimum absolute atomic E-state index is 0.234. The fourth-order valence-corrected chi connectivity index (χ4v) is 2.18. The van der Waals surface area contributed by atoms with E-state index in [1.54, 1.807) is 25.3 Å². The summed E-state index contributed by atoms with van der Waals surface area (Å²) in [7, 11) is 1.58. The van der Waals surface area contributed by atoms with E-state index in [1.165, 1.54) is 0 Å². The first kappa shape index (κ1) is 14.4. The van der Waals surface area contributed by atoms with Crippen LogP contribution in [-0.4, -0.2) is 18.2 Å². The van der Waals surface area contributed by atoms with Gasteiger partial charge in [-0.05, 0) is 24.3 Å². The number of hydrogen-bond acceptors (Lipinski definition) is 3. The summed E-state index contributed by atoms with van der Waals surface area (Å²) in [4.78, 5) is 10.9. The number of rotatable bonds is 5. The zero-order chi connectivity index (χ0) is 14.5. The molecular weight excluding hydrogens is 324 g/mol. The van der Waals surface area contributed by atoms with Gasteiger partial charge in [0.15, 0.2) is 11.5 Å². The SMILES string of the molecule is COc1ccccc1OCc1ccc(C(=O)O)cc1Br. The third-order valence-electron chi connectivity index (χ3n) is 2.75. The van der Waals surface area contributed by atoms with Crippen molar-refractivity contribution in [3.05, 3.63) is 58.1 Å². The average Bonchev–Trinajstić information content (AvgIpc) is 2.46. The van der Waals surface area contributed by atoms with E-state index >= 15 is 0 Å². The Bertz CT molecular complexity index is 625. The summed E-state index contributed by atoms with van der Waals surface area (Å²) < 4.78 is 11.6. The Morgan fingerprint density at radius 1 is 1.20 bits per heavy atom. The molecule has 0 aromatic heterocycles. The second kappa shape index (κ2) is 6.43. The largest absolute Gasteiger partial charge is 0.493 e. The van der Waals surface area contributed by atoms with Gasteiger partial charge in [-0.15, -0.1) is 0 Å². The average molecular weight is 337 g/mol. The maximum atomic E-state index is 10.9. The maximum absolute atomic E-state index is 10.9. The summed E-state index contributed by atoms with van der Waals surface area (Å²) >= 11 is 3.35. The molecule has 0 heterocycles. The number of methoxy groups -OCH3 is 1. The summed E-state index contributed by atoms with van der Waals surface area (Å²) in [5.74, 6) is 0.345. The van der Waals surface area contributed by atoms with Crippen molar-refractivity contribution in [2.24, 2.45) is 0 Å². The number of carbonyl (C=O) groups is 1. The second-order valence-corrected chi connectivity index (χ2v) is 4.91. The molecule has 20 heavy (non-hydrogen) atoms. The number of halogens is 1. The van der Waals surface area contributed by atoms with Gasteiger partial charge in [0.05, 0.1) is 12.7 Å². The van der Waals surface area contributed by atoms with Crippen molar-refractivity contribution in [1.29, 1.82) is 0 Å². The van der Waals surface area contributed by atoms with Gasteiger partial charge in [-0.2, -0.15) is 0 Å². The van der Waals surface area contributed by atoms with E-state index in [1.807, 2.05) is 24.3 Å². The van der Waals surface area contributed by atoms with Crippen LogP contribution in [0.2, 0.25) is 0 Å². The van der Waals surface area contributed by atoms with E-state index in [-0.39, 0.29) is 5.56 Å². The minimum Gasteiger partial charge on any atom is -0.493 e. The van der Waals surface area contributed by atoms with Crippen molar-refractivity contribution in [3.8, 4) is 11.5 Å². The lowest BCUT2D eigenvalue weighted by Gasteiger charge is -2.11. The van der Waals surface area contributed by atoms with Gasteiger partial charge in [-0.1, -0.05) is 34.1 Å². The predicted molar refractivity (Wildman–Crippen MR) is 78.4 cm³/mol.